The molecule has 2 amide bonds. The van der Waals surface area contributed by atoms with Crippen LogP contribution in [0.2, 0.25) is 0 Å². The van der Waals surface area contributed by atoms with Crippen molar-refractivity contribution in [3.63, 3.8) is 0 Å². The molecule has 0 bridgehead atoms. The molecule has 2 aromatic carbocycles. The number of amides is 2. The first kappa shape index (κ1) is 18.1. The van der Waals surface area contributed by atoms with Crippen LogP contribution in [0.1, 0.15) is 23.7 Å². The Bertz CT molecular complexity index is 1080. The van der Waals surface area contributed by atoms with E-state index in [-0.39, 0.29) is 24.3 Å². The summed E-state index contributed by atoms with van der Waals surface area (Å²) in [6, 6.07) is 11.8. The fourth-order valence-electron chi connectivity index (χ4n) is 3.23. The van der Waals surface area contributed by atoms with Crippen molar-refractivity contribution in [3.05, 3.63) is 53.5 Å². The third-order valence-corrected chi connectivity index (χ3v) is 5.31. The van der Waals surface area contributed by atoms with E-state index in [4.69, 9.17) is 4.74 Å². The van der Waals surface area contributed by atoms with Crippen LogP contribution in [0.25, 0.3) is 10.2 Å². The normalized spacial score (nSPS) is 16.2. The number of carbonyl (C=O) groups excluding carboxylic acids is 3. The van der Waals surface area contributed by atoms with Crippen LogP contribution in [0.5, 0.6) is 0 Å². The molecule has 1 aromatic heterocycles. The molecule has 0 saturated heterocycles. The fourth-order valence-corrected chi connectivity index (χ4v) is 3.95. The Morgan fingerprint density at radius 1 is 1.29 bits per heavy atom. The first-order valence-electron chi connectivity index (χ1n) is 8.74. The summed E-state index contributed by atoms with van der Waals surface area (Å²) in [4.78, 5) is 42.9. The molecule has 3 aromatic rings. The summed E-state index contributed by atoms with van der Waals surface area (Å²) < 4.78 is 6.12. The van der Waals surface area contributed by atoms with Crippen molar-refractivity contribution in [3.8, 4) is 0 Å². The predicted molar refractivity (Wildman–Crippen MR) is 107 cm³/mol. The van der Waals surface area contributed by atoms with Gasteiger partial charge in [-0.1, -0.05) is 12.1 Å². The quantitative estimate of drug-likeness (QED) is 0.688. The van der Waals surface area contributed by atoms with Gasteiger partial charge < -0.3 is 15.0 Å². The Morgan fingerprint density at radius 3 is 2.96 bits per heavy atom. The van der Waals surface area contributed by atoms with Crippen LogP contribution < -0.4 is 10.2 Å². The second kappa shape index (κ2) is 7.40. The van der Waals surface area contributed by atoms with Crippen LogP contribution >= 0.6 is 11.3 Å². The lowest BCUT2D eigenvalue weighted by atomic mass is 10.1. The van der Waals surface area contributed by atoms with Crippen molar-refractivity contribution in [1.29, 1.82) is 0 Å². The van der Waals surface area contributed by atoms with Gasteiger partial charge in [0.1, 0.15) is 0 Å². The molecule has 7 nitrogen and oxygen atoms in total. The van der Waals surface area contributed by atoms with Gasteiger partial charge in [-0.3, -0.25) is 9.59 Å². The minimum atomic E-state index is -0.575. The van der Waals surface area contributed by atoms with E-state index in [2.05, 4.69) is 10.3 Å². The first-order valence-corrected chi connectivity index (χ1v) is 9.62. The Hall–Kier alpha value is -3.26. The third kappa shape index (κ3) is 3.46. The number of esters is 1. The van der Waals surface area contributed by atoms with Crippen LogP contribution in [0.4, 0.5) is 11.4 Å². The lowest BCUT2D eigenvalue weighted by Crippen LogP contribution is -2.41. The maximum absolute atomic E-state index is 12.8. The second-order valence-electron chi connectivity index (χ2n) is 6.49. The van der Waals surface area contributed by atoms with Gasteiger partial charge in [0.15, 0.2) is 6.61 Å². The van der Waals surface area contributed by atoms with Crippen LogP contribution in [0, 0.1) is 0 Å². The molecule has 142 valence electrons. The number of hydrogen-bond donors (Lipinski definition) is 1. The van der Waals surface area contributed by atoms with Crippen LogP contribution in [0.3, 0.4) is 0 Å². The average molecular weight is 395 g/mol. The highest BCUT2D eigenvalue weighted by molar-refractivity contribution is 7.16. The van der Waals surface area contributed by atoms with Crippen molar-refractivity contribution >= 4 is 50.7 Å². The van der Waals surface area contributed by atoms with Crippen LogP contribution in [-0.2, 0) is 14.3 Å². The molecule has 1 N–H and O–H groups in total. The summed E-state index contributed by atoms with van der Waals surface area (Å²) in [6.07, 6.45) is 0.163. The molecule has 2 heterocycles. The van der Waals surface area contributed by atoms with Crippen LogP contribution in [0.15, 0.2) is 48.0 Å². The first-order chi connectivity index (χ1) is 13.5. The van der Waals surface area contributed by atoms with Gasteiger partial charge in [-0.25, -0.2) is 9.78 Å². The maximum Gasteiger partial charge on any atom is 0.338 e. The average Bonchev–Trinajstić information content (AvgIpc) is 3.10. The summed E-state index contributed by atoms with van der Waals surface area (Å²) in [5.41, 5.74) is 4.03. The molecule has 4 rings (SSSR count). The number of fused-ring (bicyclic) bond motifs is 2. The molecular formula is C20H17N3O4S. The number of nitrogens with zero attached hydrogens (tertiary/aromatic N) is 2. The zero-order valence-electron chi connectivity index (χ0n) is 15.0. The van der Waals surface area contributed by atoms with E-state index in [1.807, 2.05) is 0 Å². The number of thiazole rings is 1. The Kier molecular flexibility index (Phi) is 4.79. The molecule has 0 aliphatic carbocycles. The topological polar surface area (TPSA) is 88.6 Å². The van der Waals surface area contributed by atoms with Gasteiger partial charge in [0, 0.05) is 12.5 Å². The Morgan fingerprint density at radius 2 is 2.11 bits per heavy atom. The molecule has 8 heteroatoms. The zero-order chi connectivity index (χ0) is 19.7. The lowest BCUT2D eigenvalue weighted by molar-refractivity contribution is -0.122. The number of carbonyl (C=O) groups is 3. The number of ether oxygens (including phenoxy) is 1. The molecule has 28 heavy (non-hydrogen) atoms. The molecule has 0 fully saturated rings. The molecule has 0 spiro atoms. The van der Waals surface area contributed by atoms with Gasteiger partial charge in [0.2, 0.25) is 5.91 Å². The molecule has 0 saturated carbocycles. The molecular weight excluding hydrogens is 378 g/mol. The van der Waals surface area contributed by atoms with Gasteiger partial charge in [-0.05, 0) is 37.3 Å². The molecule has 0 radical (unpaired) electrons. The highest BCUT2D eigenvalue weighted by atomic mass is 32.1. The number of benzene rings is 2. The molecule has 1 aliphatic heterocycles. The van der Waals surface area contributed by atoms with Crippen molar-refractivity contribution < 1.29 is 19.1 Å². The lowest BCUT2D eigenvalue weighted by Gasteiger charge is -2.27. The smallest absolute Gasteiger partial charge is 0.338 e. The van der Waals surface area contributed by atoms with E-state index < -0.39 is 12.6 Å². The van der Waals surface area contributed by atoms with Crippen molar-refractivity contribution in [2.75, 3.05) is 16.8 Å². The van der Waals surface area contributed by atoms with Gasteiger partial charge in [0.05, 0.1) is 32.7 Å². The number of rotatable bonds is 3. The second-order valence-corrected chi connectivity index (χ2v) is 7.38. The van der Waals surface area contributed by atoms with Crippen molar-refractivity contribution in [2.24, 2.45) is 0 Å². The summed E-state index contributed by atoms with van der Waals surface area (Å²) in [7, 11) is 0. The van der Waals surface area contributed by atoms with E-state index in [1.54, 1.807) is 54.9 Å². The monoisotopic (exact) mass is 395 g/mol. The van der Waals surface area contributed by atoms with Crippen molar-refractivity contribution in [1.82, 2.24) is 4.98 Å². The van der Waals surface area contributed by atoms with E-state index in [9.17, 15) is 14.4 Å². The number of hydrogen-bond acceptors (Lipinski definition) is 6. The summed E-state index contributed by atoms with van der Waals surface area (Å²) >= 11 is 1.43. The molecule has 1 atom stereocenters. The van der Waals surface area contributed by atoms with Gasteiger partial charge in [0.25, 0.3) is 5.91 Å². The third-order valence-electron chi connectivity index (χ3n) is 4.52. The van der Waals surface area contributed by atoms with Gasteiger partial charge >= 0.3 is 5.97 Å². The number of nitrogens with one attached hydrogen (secondary N) is 1. The molecule has 0 unspecified atom stereocenters. The number of aromatic nitrogens is 1. The standard InChI is InChI=1S/C20H17N3O4S/c1-12-8-18(24)22-14-4-2-3-5-16(14)23(12)19(25)10-27-20(26)13-6-7-15-17(9-13)28-11-21-15/h2-7,9,11-12H,8,10H2,1H3,(H,22,24)/t12-/m0/s1. The van der Waals surface area contributed by atoms with Gasteiger partial charge in [-0.15, -0.1) is 11.3 Å². The number of anilines is 2. The van der Waals surface area contributed by atoms with E-state index in [0.717, 1.165) is 10.2 Å². The maximum atomic E-state index is 12.8. The Labute approximate surface area is 164 Å². The SMILES string of the molecule is C[C@H]1CC(=O)Nc2ccccc2N1C(=O)COC(=O)c1ccc2ncsc2c1. The highest BCUT2D eigenvalue weighted by Gasteiger charge is 2.30. The fraction of sp³-hybridized carbons (Fsp3) is 0.200. The zero-order valence-corrected chi connectivity index (χ0v) is 15.9. The predicted octanol–water partition coefficient (Wildman–Crippen LogP) is 3.22. The van der Waals surface area contributed by atoms with Crippen molar-refractivity contribution in [2.45, 2.75) is 19.4 Å². The van der Waals surface area contributed by atoms with E-state index in [1.165, 1.54) is 16.2 Å². The summed E-state index contributed by atoms with van der Waals surface area (Å²) in [5, 5.41) is 2.80. The largest absolute Gasteiger partial charge is 0.452 e. The van der Waals surface area contributed by atoms with Crippen LogP contribution in [-0.4, -0.2) is 35.4 Å². The number of para-hydroxylation sites is 2. The minimum Gasteiger partial charge on any atom is -0.452 e. The van der Waals surface area contributed by atoms with Gasteiger partial charge in [-0.2, -0.15) is 0 Å². The summed E-state index contributed by atoms with van der Waals surface area (Å²) in [6.45, 7) is 1.38. The highest BCUT2D eigenvalue weighted by Crippen LogP contribution is 2.31. The minimum absolute atomic E-state index is 0.162. The van der Waals surface area contributed by atoms with E-state index in [0.29, 0.717) is 16.9 Å². The summed E-state index contributed by atoms with van der Waals surface area (Å²) in [5.74, 6) is -1.12. The molecule has 1 aliphatic rings. The Balaban J connectivity index is 1.51. The van der Waals surface area contributed by atoms with E-state index >= 15 is 0 Å².